The third kappa shape index (κ3) is 4.84. The Labute approximate surface area is 175 Å². The first kappa shape index (κ1) is 21.5. The summed E-state index contributed by atoms with van der Waals surface area (Å²) in [7, 11) is 0. The molecule has 0 aliphatic carbocycles. The zero-order valence-electron chi connectivity index (χ0n) is 15.4. The lowest BCUT2D eigenvalue weighted by molar-refractivity contribution is -0.390. The lowest BCUT2D eigenvalue weighted by Gasteiger charge is -2.08. The van der Waals surface area contributed by atoms with Crippen LogP contribution >= 0.6 is 15.9 Å². The molecule has 0 aliphatic rings. The van der Waals surface area contributed by atoms with E-state index in [2.05, 4.69) is 31.4 Å². The Kier molecular flexibility index (Phi) is 5.92. The van der Waals surface area contributed by atoms with Crippen molar-refractivity contribution in [2.24, 2.45) is 0 Å². The van der Waals surface area contributed by atoms with Crippen LogP contribution in [0.4, 0.5) is 24.7 Å². The van der Waals surface area contributed by atoms with Gasteiger partial charge in [0, 0.05) is 6.20 Å². The molecule has 1 N–H and O–H groups in total. The molecule has 1 aromatic carbocycles. The predicted molar refractivity (Wildman–Crippen MR) is 103 cm³/mol. The number of carbonyl (C=O) groups excluding carboxylic acids is 1. The van der Waals surface area contributed by atoms with Crippen LogP contribution in [0, 0.1) is 17.0 Å². The van der Waals surface area contributed by atoms with Gasteiger partial charge in [0.1, 0.15) is 11.0 Å². The van der Waals surface area contributed by atoms with Crippen LogP contribution in [0.3, 0.4) is 0 Å². The third-order valence-electron chi connectivity index (χ3n) is 4.10. The standard InChI is InChI=1S/C17H14BrF3N6O3/c1-10-15(18)16(27(29)30)24-26(10)9-14(28)23-13-6-22-25(8-13)7-11-3-2-4-12(5-11)17(19,20)21/h2-6,8H,7,9H2,1H3,(H,23,28). The van der Waals surface area contributed by atoms with E-state index in [1.54, 1.807) is 13.0 Å². The number of nitro groups is 1. The van der Waals surface area contributed by atoms with Crippen molar-refractivity contribution in [3.05, 3.63) is 68.1 Å². The predicted octanol–water partition coefficient (Wildman–Crippen LogP) is 3.76. The van der Waals surface area contributed by atoms with Gasteiger partial charge in [0.05, 0.1) is 34.8 Å². The van der Waals surface area contributed by atoms with E-state index < -0.39 is 28.4 Å². The van der Waals surface area contributed by atoms with Crippen LogP contribution in [0.1, 0.15) is 16.8 Å². The summed E-state index contributed by atoms with van der Waals surface area (Å²) in [6.45, 7) is 1.39. The van der Waals surface area contributed by atoms with Crippen molar-refractivity contribution in [1.82, 2.24) is 19.6 Å². The van der Waals surface area contributed by atoms with Crippen LogP contribution in [0.25, 0.3) is 0 Å². The minimum Gasteiger partial charge on any atom is -0.358 e. The summed E-state index contributed by atoms with van der Waals surface area (Å²) in [5, 5.41) is 21.3. The highest BCUT2D eigenvalue weighted by Gasteiger charge is 2.30. The van der Waals surface area contributed by atoms with Gasteiger partial charge in [-0.2, -0.15) is 23.0 Å². The van der Waals surface area contributed by atoms with Gasteiger partial charge in [-0.05, 0) is 45.5 Å². The molecule has 0 atom stereocenters. The van der Waals surface area contributed by atoms with Gasteiger partial charge in [-0.15, -0.1) is 0 Å². The molecule has 2 heterocycles. The molecule has 9 nitrogen and oxygen atoms in total. The molecule has 1 amide bonds. The average Bonchev–Trinajstić information content (AvgIpc) is 3.20. The fourth-order valence-corrected chi connectivity index (χ4v) is 3.09. The first-order valence-corrected chi connectivity index (χ1v) is 9.19. The number of halogens is 4. The molecular weight excluding hydrogens is 473 g/mol. The largest absolute Gasteiger partial charge is 0.416 e. The molecule has 2 aromatic heterocycles. The summed E-state index contributed by atoms with van der Waals surface area (Å²) in [6, 6.07) is 4.87. The highest BCUT2D eigenvalue weighted by molar-refractivity contribution is 9.10. The van der Waals surface area contributed by atoms with E-state index in [1.165, 1.54) is 27.8 Å². The molecule has 0 fully saturated rings. The SMILES string of the molecule is Cc1c(Br)c([N+](=O)[O-])nn1CC(=O)Nc1cnn(Cc2cccc(C(F)(F)F)c2)c1. The van der Waals surface area contributed by atoms with E-state index in [4.69, 9.17) is 0 Å². The molecule has 0 bridgehead atoms. The molecular formula is C17H14BrF3N6O3. The Morgan fingerprint density at radius 2 is 2.10 bits per heavy atom. The summed E-state index contributed by atoms with van der Waals surface area (Å²) in [6.07, 6.45) is -1.62. The maximum Gasteiger partial charge on any atom is 0.416 e. The Bertz CT molecular complexity index is 1110. The number of aromatic nitrogens is 4. The fourth-order valence-electron chi connectivity index (χ4n) is 2.66. The first-order chi connectivity index (χ1) is 14.0. The van der Waals surface area contributed by atoms with E-state index in [0.717, 1.165) is 12.1 Å². The number of nitrogens with zero attached hydrogens (tertiary/aromatic N) is 5. The second kappa shape index (κ2) is 8.26. The summed E-state index contributed by atoms with van der Waals surface area (Å²) < 4.78 is 41.2. The van der Waals surface area contributed by atoms with Gasteiger partial charge in [-0.1, -0.05) is 12.1 Å². The third-order valence-corrected chi connectivity index (χ3v) is 5.03. The van der Waals surface area contributed by atoms with Gasteiger partial charge < -0.3 is 15.4 Å². The molecule has 0 saturated carbocycles. The van der Waals surface area contributed by atoms with Crippen molar-refractivity contribution >= 4 is 33.3 Å². The van der Waals surface area contributed by atoms with Crippen molar-refractivity contribution in [3.63, 3.8) is 0 Å². The van der Waals surface area contributed by atoms with E-state index in [9.17, 15) is 28.1 Å². The lowest BCUT2D eigenvalue weighted by atomic mass is 10.1. The molecule has 13 heteroatoms. The van der Waals surface area contributed by atoms with Gasteiger partial charge >= 0.3 is 12.0 Å². The quantitative estimate of drug-likeness (QED) is 0.421. The summed E-state index contributed by atoms with van der Waals surface area (Å²) in [5.41, 5.74) is 0.382. The van der Waals surface area contributed by atoms with Gasteiger partial charge in [0.25, 0.3) is 0 Å². The van der Waals surface area contributed by atoms with Gasteiger partial charge in [0.2, 0.25) is 5.91 Å². The Morgan fingerprint density at radius 1 is 1.37 bits per heavy atom. The Hall–Kier alpha value is -3.22. The smallest absolute Gasteiger partial charge is 0.358 e. The normalized spacial score (nSPS) is 11.5. The highest BCUT2D eigenvalue weighted by atomic mass is 79.9. The second-order valence-electron chi connectivity index (χ2n) is 6.31. The lowest BCUT2D eigenvalue weighted by Crippen LogP contribution is -2.20. The Balaban J connectivity index is 1.65. The molecule has 0 aliphatic heterocycles. The Morgan fingerprint density at radius 3 is 2.73 bits per heavy atom. The molecule has 30 heavy (non-hydrogen) atoms. The number of hydrogen-bond acceptors (Lipinski definition) is 5. The van der Waals surface area contributed by atoms with Crippen LogP contribution in [0.5, 0.6) is 0 Å². The minimum atomic E-state index is -4.44. The van der Waals surface area contributed by atoms with Crippen molar-refractivity contribution in [3.8, 4) is 0 Å². The number of amides is 1. The zero-order chi connectivity index (χ0) is 22.1. The number of alkyl halides is 3. The molecule has 0 saturated heterocycles. The second-order valence-corrected chi connectivity index (χ2v) is 7.10. The van der Waals surface area contributed by atoms with E-state index in [0.29, 0.717) is 16.9 Å². The van der Waals surface area contributed by atoms with Crippen molar-refractivity contribution in [2.75, 3.05) is 5.32 Å². The molecule has 0 radical (unpaired) electrons. The molecule has 3 aromatic rings. The van der Waals surface area contributed by atoms with Crippen LogP contribution in [0.2, 0.25) is 0 Å². The summed E-state index contributed by atoms with van der Waals surface area (Å²) in [4.78, 5) is 22.5. The van der Waals surface area contributed by atoms with Gasteiger partial charge in [0.15, 0.2) is 0 Å². The minimum absolute atomic E-state index is 0.0806. The van der Waals surface area contributed by atoms with Crippen molar-refractivity contribution < 1.29 is 22.9 Å². The average molecular weight is 487 g/mol. The fraction of sp³-hybridized carbons (Fsp3) is 0.235. The number of benzene rings is 1. The monoisotopic (exact) mass is 486 g/mol. The van der Waals surface area contributed by atoms with Gasteiger partial charge in [-0.3, -0.25) is 9.48 Å². The number of hydrogen-bond donors (Lipinski definition) is 1. The van der Waals surface area contributed by atoms with E-state index >= 15 is 0 Å². The molecule has 3 rings (SSSR count). The topological polar surface area (TPSA) is 108 Å². The van der Waals surface area contributed by atoms with E-state index in [-0.39, 0.29) is 17.6 Å². The van der Waals surface area contributed by atoms with Crippen LogP contribution < -0.4 is 5.32 Å². The first-order valence-electron chi connectivity index (χ1n) is 8.40. The molecule has 0 spiro atoms. The number of rotatable bonds is 6. The number of carbonyl (C=O) groups is 1. The van der Waals surface area contributed by atoms with E-state index in [1.807, 2.05) is 0 Å². The maximum absolute atomic E-state index is 12.8. The summed E-state index contributed by atoms with van der Waals surface area (Å²) >= 11 is 3.07. The van der Waals surface area contributed by atoms with Crippen molar-refractivity contribution in [1.29, 1.82) is 0 Å². The highest BCUT2D eigenvalue weighted by Crippen LogP contribution is 2.30. The molecule has 158 valence electrons. The molecule has 0 unspecified atom stereocenters. The van der Waals surface area contributed by atoms with Crippen LogP contribution in [-0.2, 0) is 24.1 Å². The summed E-state index contributed by atoms with van der Waals surface area (Å²) in [5.74, 6) is -0.893. The number of nitrogens with one attached hydrogen (secondary N) is 1. The zero-order valence-corrected chi connectivity index (χ0v) is 16.9. The van der Waals surface area contributed by atoms with Gasteiger partial charge in [-0.25, -0.2) is 0 Å². The maximum atomic E-state index is 12.8. The van der Waals surface area contributed by atoms with Crippen molar-refractivity contribution in [2.45, 2.75) is 26.2 Å². The van der Waals surface area contributed by atoms with Crippen LogP contribution in [-0.4, -0.2) is 30.4 Å². The number of anilines is 1. The van der Waals surface area contributed by atoms with Crippen LogP contribution in [0.15, 0.2) is 41.1 Å².